The summed E-state index contributed by atoms with van der Waals surface area (Å²) in [6.45, 7) is 2.45. The number of carbonyl (C=O) groups is 2. The van der Waals surface area contributed by atoms with Crippen LogP contribution in [0.25, 0.3) is 6.08 Å². The molecule has 0 bridgehead atoms. The number of phenolic OH excluding ortho intramolecular Hbond substituents is 1. The minimum absolute atomic E-state index is 0.0327. The van der Waals surface area contributed by atoms with Gasteiger partial charge in [0, 0.05) is 12.1 Å². The van der Waals surface area contributed by atoms with Gasteiger partial charge in [-0.05, 0) is 71.6 Å². The number of allylic oxidation sites excluding steroid dienone is 1. The van der Waals surface area contributed by atoms with E-state index in [-0.39, 0.29) is 23.0 Å². The summed E-state index contributed by atoms with van der Waals surface area (Å²) in [7, 11) is 0. The summed E-state index contributed by atoms with van der Waals surface area (Å²) in [5, 5.41) is 16.8. The molecule has 3 aromatic rings. The SMILES string of the molecule is Cc1ccc(O)c(C(=O)/C=C/c2ccc(C(=O)NCCc3ccsc3)cc2)c1. The number of ketones is 1. The number of aromatic hydroxyl groups is 1. The van der Waals surface area contributed by atoms with Gasteiger partial charge >= 0.3 is 0 Å². The van der Waals surface area contributed by atoms with Crippen molar-refractivity contribution in [2.45, 2.75) is 13.3 Å². The number of carbonyl (C=O) groups excluding carboxylic acids is 2. The third-order valence-corrected chi connectivity index (χ3v) is 5.03. The maximum absolute atomic E-state index is 12.3. The minimum atomic E-state index is -0.267. The number of hydrogen-bond acceptors (Lipinski definition) is 4. The van der Waals surface area contributed by atoms with Crippen molar-refractivity contribution in [1.82, 2.24) is 5.32 Å². The topological polar surface area (TPSA) is 66.4 Å². The number of benzene rings is 2. The molecule has 3 rings (SSSR count). The Morgan fingerprint density at radius 2 is 1.89 bits per heavy atom. The smallest absolute Gasteiger partial charge is 0.251 e. The zero-order valence-corrected chi connectivity index (χ0v) is 16.3. The van der Waals surface area contributed by atoms with E-state index in [9.17, 15) is 14.7 Å². The van der Waals surface area contributed by atoms with Gasteiger partial charge in [0.1, 0.15) is 5.75 Å². The summed E-state index contributed by atoms with van der Waals surface area (Å²) in [5.41, 5.74) is 3.78. The highest BCUT2D eigenvalue weighted by Crippen LogP contribution is 2.19. The monoisotopic (exact) mass is 391 g/mol. The first-order chi connectivity index (χ1) is 13.5. The van der Waals surface area contributed by atoms with Crippen LogP contribution in [-0.4, -0.2) is 23.3 Å². The molecule has 0 unspecified atom stereocenters. The molecule has 2 N–H and O–H groups in total. The normalized spacial score (nSPS) is 10.9. The van der Waals surface area contributed by atoms with Crippen molar-refractivity contribution in [3.63, 3.8) is 0 Å². The van der Waals surface area contributed by atoms with E-state index in [4.69, 9.17) is 0 Å². The van der Waals surface area contributed by atoms with Crippen LogP contribution in [0.15, 0.2) is 65.4 Å². The molecule has 0 saturated carbocycles. The Labute approximate surface area is 168 Å². The van der Waals surface area contributed by atoms with Gasteiger partial charge in [-0.25, -0.2) is 0 Å². The predicted molar refractivity (Wildman–Crippen MR) is 113 cm³/mol. The molecule has 5 heteroatoms. The first kappa shape index (κ1) is 19.6. The van der Waals surface area contributed by atoms with E-state index in [0.717, 1.165) is 17.5 Å². The molecule has 142 valence electrons. The van der Waals surface area contributed by atoms with E-state index in [1.54, 1.807) is 53.8 Å². The Hall–Kier alpha value is -3.18. The molecule has 1 aromatic heterocycles. The van der Waals surface area contributed by atoms with Gasteiger partial charge in [0.2, 0.25) is 0 Å². The summed E-state index contributed by atoms with van der Waals surface area (Å²) in [6, 6.07) is 14.0. The molecular formula is C23H21NO3S. The third kappa shape index (κ3) is 5.18. The largest absolute Gasteiger partial charge is 0.507 e. The van der Waals surface area contributed by atoms with Gasteiger partial charge in [-0.2, -0.15) is 11.3 Å². The van der Waals surface area contributed by atoms with Gasteiger partial charge < -0.3 is 10.4 Å². The fourth-order valence-corrected chi connectivity index (χ4v) is 3.42. The van der Waals surface area contributed by atoms with Crippen molar-refractivity contribution in [3.05, 3.63) is 93.2 Å². The number of thiophene rings is 1. The van der Waals surface area contributed by atoms with E-state index < -0.39 is 0 Å². The average molecular weight is 391 g/mol. The lowest BCUT2D eigenvalue weighted by Gasteiger charge is -2.05. The van der Waals surface area contributed by atoms with Crippen LogP contribution in [0, 0.1) is 6.92 Å². The van der Waals surface area contributed by atoms with Crippen molar-refractivity contribution in [2.75, 3.05) is 6.54 Å². The Kier molecular flexibility index (Phi) is 6.40. The van der Waals surface area contributed by atoms with E-state index in [1.807, 2.05) is 12.3 Å². The second kappa shape index (κ2) is 9.15. The van der Waals surface area contributed by atoms with Crippen molar-refractivity contribution in [1.29, 1.82) is 0 Å². The molecule has 4 nitrogen and oxygen atoms in total. The van der Waals surface area contributed by atoms with E-state index in [1.165, 1.54) is 17.7 Å². The van der Waals surface area contributed by atoms with E-state index in [2.05, 4.69) is 16.8 Å². The van der Waals surface area contributed by atoms with Crippen LogP contribution in [0.2, 0.25) is 0 Å². The lowest BCUT2D eigenvalue weighted by molar-refractivity contribution is 0.0953. The number of rotatable bonds is 7. The third-order valence-electron chi connectivity index (χ3n) is 4.30. The molecule has 0 radical (unpaired) electrons. The molecule has 0 aliphatic carbocycles. The summed E-state index contributed by atoms with van der Waals surface area (Å²) in [6.07, 6.45) is 3.90. The van der Waals surface area contributed by atoms with Crippen molar-refractivity contribution >= 4 is 29.1 Å². The second-order valence-corrected chi connectivity index (χ2v) is 7.26. The van der Waals surface area contributed by atoms with Gasteiger partial charge in [-0.15, -0.1) is 0 Å². The molecule has 2 aromatic carbocycles. The summed E-state index contributed by atoms with van der Waals surface area (Å²) in [4.78, 5) is 24.5. The molecule has 1 amide bonds. The van der Waals surface area contributed by atoms with Crippen molar-refractivity contribution in [2.24, 2.45) is 0 Å². The summed E-state index contributed by atoms with van der Waals surface area (Å²) < 4.78 is 0. The van der Waals surface area contributed by atoms with Crippen LogP contribution >= 0.6 is 11.3 Å². The first-order valence-electron chi connectivity index (χ1n) is 8.94. The Morgan fingerprint density at radius 3 is 2.61 bits per heavy atom. The van der Waals surface area contributed by atoms with Crippen LogP contribution in [0.1, 0.15) is 37.4 Å². The van der Waals surface area contributed by atoms with Crippen molar-refractivity contribution < 1.29 is 14.7 Å². The average Bonchev–Trinajstić information content (AvgIpc) is 3.22. The molecule has 0 aliphatic rings. The number of phenols is 1. The highest BCUT2D eigenvalue weighted by atomic mass is 32.1. The fraction of sp³-hybridized carbons (Fsp3) is 0.130. The Bertz CT molecular complexity index is 989. The van der Waals surface area contributed by atoms with Crippen LogP contribution < -0.4 is 5.32 Å². The van der Waals surface area contributed by atoms with Crippen LogP contribution in [0.3, 0.4) is 0 Å². The molecule has 0 fully saturated rings. The maximum Gasteiger partial charge on any atom is 0.251 e. The van der Waals surface area contributed by atoms with Crippen LogP contribution in [0.4, 0.5) is 0 Å². The van der Waals surface area contributed by atoms with Crippen LogP contribution in [0.5, 0.6) is 5.75 Å². The van der Waals surface area contributed by atoms with Gasteiger partial charge in [-0.1, -0.05) is 29.8 Å². The second-order valence-electron chi connectivity index (χ2n) is 6.48. The van der Waals surface area contributed by atoms with Gasteiger partial charge in [-0.3, -0.25) is 9.59 Å². The zero-order valence-electron chi connectivity index (χ0n) is 15.5. The number of amides is 1. The first-order valence-corrected chi connectivity index (χ1v) is 9.88. The Morgan fingerprint density at radius 1 is 1.11 bits per heavy atom. The number of aryl methyl sites for hydroxylation is 1. The fourth-order valence-electron chi connectivity index (χ4n) is 2.71. The molecule has 28 heavy (non-hydrogen) atoms. The number of nitrogens with one attached hydrogen (secondary N) is 1. The van der Waals surface area contributed by atoms with Gasteiger partial charge in [0.25, 0.3) is 5.91 Å². The predicted octanol–water partition coefficient (Wildman–Crippen LogP) is 4.63. The minimum Gasteiger partial charge on any atom is -0.507 e. The quantitative estimate of drug-likeness (QED) is 0.456. The molecule has 0 aliphatic heterocycles. The highest BCUT2D eigenvalue weighted by Gasteiger charge is 2.08. The van der Waals surface area contributed by atoms with Crippen LogP contribution in [-0.2, 0) is 6.42 Å². The summed E-state index contributed by atoms with van der Waals surface area (Å²) >= 11 is 1.65. The van der Waals surface area contributed by atoms with Gasteiger partial charge in [0.15, 0.2) is 5.78 Å². The Balaban J connectivity index is 1.57. The van der Waals surface area contributed by atoms with E-state index >= 15 is 0 Å². The molecule has 1 heterocycles. The lowest BCUT2D eigenvalue weighted by Crippen LogP contribution is -2.25. The zero-order chi connectivity index (χ0) is 19.9. The van der Waals surface area contributed by atoms with Crippen molar-refractivity contribution in [3.8, 4) is 5.75 Å². The van der Waals surface area contributed by atoms with Gasteiger partial charge in [0.05, 0.1) is 5.56 Å². The van der Waals surface area contributed by atoms with E-state index in [0.29, 0.717) is 12.1 Å². The lowest BCUT2D eigenvalue weighted by atomic mass is 10.0. The highest BCUT2D eigenvalue weighted by molar-refractivity contribution is 7.07. The molecular weight excluding hydrogens is 370 g/mol. The maximum atomic E-state index is 12.3. The summed E-state index contributed by atoms with van der Waals surface area (Å²) in [5.74, 6) is -0.419. The standard InChI is InChI=1S/C23H21NO3S/c1-16-2-8-21(25)20(14-16)22(26)9-5-17-3-6-19(7-4-17)23(27)24-12-10-18-11-13-28-15-18/h2-9,11,13-15,25H,10,12H2,1H3,(H,24,27)/b9-5+. The molecule has 0 spiro atoms. The molecule has 0 saturated heterocycles. The number of hydrogen-bond donors (Lipinski definition) is 2. The molecule has 0 atom stereocenters.